The number of aryl methyl sites for hydroxylation is 1. The van der Waals surface area contributed by atoms with E-state index in [-0.39, 0.29) is 17.2 Å². The number of nitrogens with one attached hydrogen (secondary N) is 1. The van der Waals surface area contributed by atoms with Crippen LogP contribution in [0.1, 0.15) is 18.1 Å². The molecule has 1 aromatic carbocycles. The van der Waals surface area contributed by atoms with Gasteiger partial charge in [-0.3, -0.25) is 4.79 Å². The Morgan fingerprint density at radius 1 is 1.57 bits per heavy atom. The van der Waals surface area contributed by atoms with Gasteiger partial charge in [-0.25, -0.2) is 4.98 Å². The van der Waals surface area contributed by atoms with Crippen LogP contribution in [0.25, 0.3) is 0 Å². The van der Waals surface area contributed by atoms with E-state index in [0.29, 0.717) is 0 Å². The Labute approximate surface area is 129 Å². The number of hydrogen-bond acceptors (Lipinski definition) is 3. The van der Waals surface area contributed by atoms with Gasteiger partial charge in [-0.2, -0.15) is 0 Å². The molecule has 0 radical (unpaired) electrons. The number of benzene rings is 1. The zero-order valence-corrected chi connectivity index (χ0v) is 13.1. The van der Waals surface area contributed by atoms with Gasteiger partial charge in [0.05, 0.1) is 11.6 Å². The molecular formula is C16H19N3OS. The minimum Gasteiger partial charge on any atom is -0.351 e. The fourth-order valence-electron chi connectivity index (χ4n) is 2.57. The van der Waals surface area contributed by atoms with Crippen molar-refractivity contribution < 1.29 is 4.79 Å². The third-order valence-corrected chi connectivity index (χ3v) is 4.92. The first-order valence-corrected chi connectivity index (χ1v) is 8.02. The normalized spacial score (nSPS) is 18.3. The molecule has 110 valence electrons. The summed E-state index contributed by atoms with van der Waals surface area (Å²) in [4.78, 5) is 17.6. The summed E-state index contributed by atoms with van der Waals surface area (Å²) in [5.41, 5.74) is 2.53. The number of aromatic nitrogens is 2. The van der Waals surface area contributed by atoms with Crippen molar-refractivity contribution in [2.75, 3.05) is 0 Å². The summed E-state index contributed by atoms with van der Waals surface area (Å²) in [5.74, 6) is 0.126. The van der Waals surface area contributed by atoms with Crippen molar-refractivity contribution in [1.82, 2.24) is 14.9 Å². The number of fused-ring (bicyclic) bond motifs is 1. The number of imidazole rings is 1. The van der Waals surface area contributed by atoms with Gasteiger partial charge in [0.1, 0.15) is 0 Å². The lowest BCUT2D eigenvalue weighted by Crippen LogP contribution is -2.40. The van der Waals surface area contributed by atoms with Crippen molar-refractivity contribution in [2.45, 2.75) is 43.0 Å². The molecule has 0 unspecified atom stereocenters. The minimum absolute atomic E-state index is 0.00737. The van der Waals surface area contributed by atoms with Gasteiger partial charge >= 0.3 is 0 Å². The van der Waals surface area contributed by atoms with Crippen molar-refractivity contribution >= 4 is 17.7 Å². The molecule has 2 atom stereocenters. The van der Waals surface area contributed by atoms with E-state index in [4.69, 9.17) is 0 Å². The SMILES string of the molecule is Cc1ccc2c(c1)S[C@H](C(=O)N[C@@H](C)Cn1ccnc1)C2. The van der Waals surface area contributed by atoms with E-state index in [9.17, 15) is 4.79 Å². The highest BCUT2D eigenvalue weighted by molar-refractivity contribution is 8.01. The molecule has 4 nitrogen and oxygen atoms in total. The molecule has 0 bridgehead atoms. The standard InChI is InChI=1S/C16H19N3OS/c1-11-3-4-13-8-15(21-14(13)7-11)16(20)18-12(2)9-19-6-5-17-10-19/h3-7,10,12,15H,8-9H2,1-2H3,(H,18,20)/t12-,15-/m0/s1. The zero-order valence-electron chi connectivity index (χ0n) is 12.2. The van der Waals surface area contributed by atoms with Gasteiger partial charge in [0.2, 0.25) is 5.91 Å². The summed E-state index contributed by atoms with van der Waals surface area (Å²) in [6, 6.07) is 6.52. The van der Waals surface area contributed by atoms with Crippen LogP contribution in [0.3, 0.4) is 0 Å². The Morgan fingerprint density at radius 3 is 3.19 bits per heavy atom. The number of nitrogens with zero attached hydrogens (tertiary/aromatic N) is 2. The van der Waals surface area contributed by atoms with Gasteiger partial charge < -0.3 is 9.88 Å². The highest BCUT2D eigenvalue weighted by Gasteiger charge is 2.28. The molecule has 21 heavy (non-hydrogen) atoms. The fourth-order valence-corrected chi connectivity index (χ4v) is 3.87. The Morgan fingerprint density at radius 2 is 2.43 bits per heavy atom. The third kappa shape index (κ3) is 3.29. The van der Waals surface area contributed by atoms with E-state index in [1.807, 2.05) is 17.7 Å². The maximum Gasteiger partial charge on any atom is 0.234 e. The fraction of sp³-hybridized carbons (Fsp3) is 0.375. The predicted molar refractivity (Wildman–Crippen MR) is 84.4 cm³/mol. The second-order valence-electron chi connectivity index (χ2n) is 5.59. The molecular weight excluding hydrogens is 282 g/mol. The summed E-state index contributed by atoms with van der Waals surface area (Å²) in [5, 5.41) is 3.09. The Hall–Kier alpha value is -1.75. The molecule has 0 saturated carbocycles. The Kier molecular flexibility index (Phi) is 4.01. The summed E-state index contributed by atoms with van der Waals surface area (Å²) in [6.45, 7) is 4.85. The van der Waals surface area contributed by atoms with Crippen LogP contribution >= 0.6 is 11.8 Å². The lowest BCUT2D eigenvalue weighted by atomic mass is 10.1. The lowest BCUT2D eigenvalue weighted by Gasteiger charge is -2.17. The highest BCUT2D eigenvalue weighted by Crippen LogP contribution is 2.37. The van der Waals surface area contributed by atoms with E-state index >= 15 is 0 Å². The minimum atomic E-state index is -0.00737. The number of rotatable bonds is 4. The molecule has 0 saturated heterocycles. The molecule has 1 N–H and O–H groups in total. The maximum absolute atomic E-state index is 12.4. The summed E-state index contributed by atoms with van der Waals surface area (Å²) in [7, 11) is 0. The van der Waals surface area contributed by atoms with Crippen molar-refractivity contribution in [1.29, 1.82) is 0 Å². The van der Waals surface area contributed by atoms with Crippen LogP contribution in [-0.2, 0) is 17.8 Å². The van der Waals surface area contributed by atoms with Crippen LogP contribution in [0.4, 0.5) is 0 Å². The van der Waals surface area contributed by atoms with Crippen LogP contribution in [0.5, 0.6) is 0 Å². The molecule has 1 amide bonds. The second-order valence-corrected chi connectivity index (χ2v) is 6.84. The molecule has 0 fully saturated rings. The lowest BCUT2D eigenvalue weighted by molar-refractivity contribution is -0.121. The van der Waals surface area contributed by atoms with Crippen molar-refractivity contribution in [3.8, 4) is 0 Å². The smallest absolute Gasteiger partial charge is 0.234 e. The molecule has 1 aromatic heterocycles. The predicted octanol–water partition coefficient (Wildman–Crippen LogP) is 2.41. The van der Waals surface area contributed by atoms with Crippen LogP contribution in [0.2, 0.25) is 0 Å². The average Bonchev–Trinajstić information content (AvgIpc) is 3.06. The Bertz CT molecular complexity index is 639. The van der Waals surface area contributed by atoms with Crippen LogP contribution in [0, 0.1) is 6.92 Å². The summed E-state index contributed by atoms with van der Waals surface area (Å²) >= 11 is 1.68. The molecule has 5 heteroatoms. The van der Waals surface area contributed by atoms with E-state index in [0.717, 1.165) is 13.0 Å². The number of carbonyl (C=O) groups is 1. The molecule has 2 aromatic rings. The quantitative estimate of drug-likeness (QED) is 0.943. The van der Waals surface area contributed by atoms with Crippen LogP contribution < -0.4 is 5.32 Å². The van der Waals surface area contributed by atoms with E-state index in [1.54, 1.807) is 24.3 Å². The second kappa shape index (κ2) is 5.93. The summed E-state index contributed by atoms with van der Waals surface area (Å²) in [6.07, 6.45) is 6.25. The van der Waals surface area contributed by atoms with Gasteiger partial charge in [0.25, 0.3) is 0 Å². The van der Waals surface area contributed by atoms with Crippen LogP contribution in [-0.4, -0.2) is 26.8 Å². The topological polar surface area (TPSA) is 46.9 Å². The van der Waals surface area contributed by atoms with Crippen molar-refractivity contribution in [2.24, 2.45) is 0 Å². The number of amides is 1. The number of carbonyl (C=O) groups excluding carboxylic acids is 1. The molecule has 1 aliphatic heterocycles. The van der Waals surface area contributed by atoms with Gasteiger partial charge in [-0.05, 0) is 31.9 Å². The zero-order chi connectivity index (χ0) is 14.8. The first-order chi connectivity index (χ1) is 10.1. The largest absolute Gasteiger partial charge is 0.351 e. The van der Waals surface area contributed by atoms with Crippen LogP contribution in [0.15, 0.2) is 41.8 Å². The van der Waals surface area contributed by atoms with Gasteiger partial charge in [0.15, 0.2) is 0 Å². The highest BCUT2D eigenvalue weighted by atomic mass is 32.2. The third-order valence-electron chi connectivity index (χ3n) is 3.62. The Balaban J connectivity index is 1.57. The van der Waals surface area contributed by atoms with Gasteiger partial charge in [-0.1, -0.05) is 17.7 Å². The summed E-state index contributed by atoms with van der Waals surface area (Å²) < 4.78 is 1.98. The van der Waals surface area contributed by atoms with E-state index in [1.165, 1.54) is 16.0 Å². The maximum atomic E-state index is 12.4. The first-order valence-electron chi connectivity index (χ1n) is 7.14. The van der Waals surface area contributed by atoms with Gasteiger partial charge in [-0.15, -0.1) is 11.8 Å². The van der Waals surface area contributed by atoms with Gasteiger partial charge in [0, 0.05) is 29.9 Å². The molecule has 0 aliphatic carbocycles. The molecule has 1 aliphatic rings. The first kappa shape index (κ1) is 14.2. The van der Waals surface area contributed by atoms with Crippen molar-refractivity contribution in [3.63, 3.8) is 0 Å². The van der Waals surface area contributed by atoms with E-state index < -0.39 is 0 Å². The molecule has 0 spiro atoms. The monoisotopic (exact) mass is 301 g/mol. The molecule has 2 heterocycles. The number of hydrogen-bond donors (Lipinski definition) is 1. The number of thioether (sulfide) groups is 1. The average molecular weight is 301 g/mol. The molecule has 3 rings (SSSR count). The van der Waals surface area contributed by atoms with Crippen molar-refractivity contribution in [3.05, 3.63) is 48.0 Å². The van der Waals surface area contributed by atoms with E-state index in [2.05, 4.69) is 35.4 Å².